The maximum atomic E-state index is 12.1. The van der Waals surface area contributed by atoms with Crippen LogP contribution in [-0.2, 0) is 9.53 Å². The summed E-state index contributed by atoms with van der Waals surface area (Å²) in [6.45, 7) is 2.63. The van der Waals surface area contributed by atoms with E-state index in [9.17, 15) is 9.59 Å². The normalized spacial score (nSPS) is 15.9. The Morgan fingerprint density at radius 2 is 2.14 bits per heavy atom. The van der Waals surface area contributed by atoms with Crippen molar-refractivity contribution in [2.75, 3.05) is 18.5 Å². The third-order valence-corrected chi connectivity index (χ3v) is 4.04. The highest BCUT2D eigenvalue weighted by Crippen LogP contribution is 2.43. The van der Waals surface area contributed by atoms with E-state index in [-0.39, 0.29) is 17.3 Å². The lowest BCUT2D eigenvalue weighted by atomic mass is 9.66. The van der Waals surface area contributed by atoms with Crippen LogP contribution in [0.4, 0.5) is 5.69 Å². The van der Waals surface area contributed by atoms with Crippen molar-refractivity contribution >= 4 is 17.6 Å². The van der Waals surface area contributed by atoms with Gasteiger partial charge in [-0.2, -0.15) is 0 Å². The standard InChI is InChI=1S/C16H22N2O3/c1-2-21-15(20)12-5-3-6-13(9-12)18-14(19)10-16(11-17)7-4-8-16/h3,5-6,9H,2,4,7-8,10-11,17H2,1H3,(H,18,19). The van der Waals surface area contributed by atoms with Gasteiger partial charge >= 0.3 is 5.97 Å². The van der Waals surface area contributed by atoms with Gasteiger partial charge in [0.1, 0.15) is 0 Å². The number of benzene rings is 1. The molecule has 21 heavy (non-hydrogen) atoms. The number of nitrogens with one attached hydrogen (secondary N) is 1. The van der Waals surface area contributed by atoms with Gasteiger partial charge in [-0.1, -0.05) is 12.5 Å². The molecule has 0 unspecified atom stereocenters. The Labute approximate surface area is 124 Å². The Balaban J connectivity index is 1.97. The first-order chi connectivity index (χ1) is 10.1. The van der Waals surface area contributed by atoms with Gasteiger partial charge < -0.3 is 15.8 Å². The molecular weight excluding hydrogens is 268 g/mol. The van der Waals surface area contributed by atoms with Crippen LogP contribution in [0.2, 0.25) is 0 Å². The van der Waals surface area contributed by atoms with Crippen LogP contribution in [0.3, 0.4) is 0 Å². The Hall–Kier alpha value is -1.88. The summed E-state index contributed by atoms with van der Waals surface area (Å²) in [5.74, 6) is -0.438. The molecule has 5 heteroatoms. The monoisotopic (exact) mass is 290 g/mol. The molecule has 2 rings (SSSR count). The number of amides is 1. The van der Waals surface area contributed by atoms with E-state index in [0.29, 0.717) is 30.8 Å². The smallest absolute Gasteiger partial charge is 0.338 e. The predicted molar refractivity (Wildman–Crippen MR) is 81.0 cm³/mol. The quantitative estimate of drug-likeness (QED) is 0.788. The summed E-state index contributed by atoms with van der Waals surface area (Å²) in [7, 11) is 0. The first-order valence-corrected chi connectivity index (χ1v) is 7.36. The minimum Gasteiger partial charge on any atom is -0.462 e. The van der Waals surface area contributed by atoms with Crippen LogP contribution in [0, 0.1) is 5.41 Å². The van der Waals surface area contributed by atoms with Crippen molar-refractivity contribution in [1.29, 1.82) is 0 Å². The molecule has 114 valence electrons. The van der Waals surface area contributed by atoms with Crippen molar-refractivity contribution in [1.82, 2.24) is 0 Å². The fourth-order valence-corrected chi connectivity index (χ4v) is 2.61. The van der Waals surface area contributed by atoms with Gasteiger partial charge in [-0.25, -0.2) is 4.79 Å². The molecule has 0 bridgehead atoms. The molecule has 3 N–H and O–H groups in total. The maximum absolute atomic E-state index is 12.1. The zero-order valence-electron chi connectivity index (χ0n) is 12.4. The number of anilines is 1. The fourth-order valence-electron chi connectivity index (χ4n) is 2.61. The lowest BCUT2D eigenvalue weighted by molar-refractivity contribution is -0.119. The van der Waals surface area contributed by atoms with Crippen LogP contribution in [0.15, 0.2) is 24.3 Å². The van der Waals surface area contributed by atoms with E-state index in [1.165, 1.54) is 0 Å². The van der Waals surface area contributed by atoms with E-state index >= 15 is 0 Å². The van der Waals surface area contributed by atoms with Crippen LogP contribution in [0.1, 0.15) is 43.0 Å². The molecule has 0 saturated heterocycles. The topological polar surface area (TPSA) is 81.4 Å². The van der Waals surface area contributed by atoms with E-state index in [0.717, 1.165) is 19.3 Å². The van der Waals surface area contributed by atoms with Crippen molar-refractivity contribution < 1.29 is 14.3 Å². The molecule has 1 aliphatic carbocycles. The number of carbonyl (C=O) groups is 2. The predicted octanol–water partition coefficient (Wildman–Crippen LogP) is 2.32. The first-order valence-electron chi connectivity index (χ1n) is 7.36. The highest BCUT2D eigenvalue weighted by molar-refractivity contribution is 5.94. The summed E-state index contributed by atoms with van der Waals surface area (Å²) >= 11 is 0. The van der Waals surface area contributed by atoms with Gasteiger partial charge in [-0.15, -0.1) is 0 Å². The second-order valence-corrected chi connectivity index (χ2v) is 5.58. The van der Waals surface area contributed by atoms with Crippen LogP contribution in [0.25, 0.3) is 0 Å². The molecule has 0 heterocycles. The molecule has 1 fully saturated rings. The van der Waals surface area contributed by atoms with E-state index in [2.05, 4.69) is 5.32 Å². The highest BCUT2D eigenvalue weighted by atomic mass is 16.5. The minimum atomic E-state index is -0.383. The molecule has 1 aromatic carbocycles. The third kappa shape index (κ3) is 3.82. The molecule has 0 aromatic heterocycles. The molecule has 5 nitrogen and oxygen atoms in total. The van der Waals surface area contributed by atoms with Crippen molar-refractivity contribution in [2.24, 2.45) is 11.1 Å². The lowest BCUT2D eigenvalue weighted by Gasteiger charge is -2.40. The molecule has 0 aliphatic heterocycles. The minimum absolute atomic E-state index is 0.0250. The fraction of sp³-hybridized carbons (Fsp3) is 0.500. The molecule has 1 aromatic rings. The average molecular weight is 290 g/mol. The summed E-state index contributed by atoms with van der Waals surface area (Å²) in [4.78, 5) is 23.8. The molecule has 1 amide bonds. The maximum Gasteiger partial charge on any atom is 0.338 e. The SMILES string of the molecule is CCOC(=O)c1cccc(NC(=O)CC2(CN)CCC2)c1. The number of esters is 1. The number of rotatable bonds is 6. The second-order valence-electron chi connectivity index (χ2n) is 5.58. The van der Waals surface area contributed by atoms with Gasteiger partial charge in [-0.3, -0.25) is 4.79 Å². The number of nitrogens with two attached hydrogens (primary N) is 1. The molecular formula is C16H22N2O3. The summed E-state index contributed by atoms with van der Waals surface area (Å²) in [6.07, 6.45) is 3.61. The Morgan fingerprint density at radius 1 is 1.38 bits per heavy atom. The number of hydrogen-bond donors (Lipinski definition) is 2. The van der Waals surface area contributed by atoms with E-state index < -0.39 is 0 Å². The molecule has 0 atom stereocenters. The second kappa shape index (κ2) is 6.72. The summed E-state index contributed by atoms with van der Waals surface area (Å²) in [6, 6.07) is 6.78. The molecule has 1 saturated carbocycles. The van der Waals surface area contributed by atoms with Gasteiger partial charge in [0.2, 0.25) is 5.91 Å². The number of hydrogen-bond acceptors (Lipinski definition) is 4. The summed E-state index contributed by atoms with van der Waals surface area (Å²) in [5.41, 5.74) is 6.79. The van der Waals surface area contributed by atoms with Crippen LogP contribution < -0.4 is 11.1 Å². The average Bonchev–Trinajstić information content (AvgIpc) is 2.43. The molecule has 0 radical (unpaired) electrons. The van der Waals surface area contributed by atoms with Crippen molar-refractivity contribution in [3.63, 3.8) is 0 Å². The van der Waals surface area contributed by atoms with Gasteiger partial charge in [0, 0.05) is 12.1 Å². The third-order valence-electron chi connectivity index (χ3n) is 4.04. The van der Waals surface area contributed by atoms with Crippen molar-refractivity contribution in [3.8, 4) is 0 Å². The summed E-state index contributed by atoms with van der Waals surface area (Å²) < 4.78 is 4.94. The van der Waals surface area contributed by atoms with Gasteiger partial charge in [0.05, 0.1) is 12.2 Å². The van der Waals surface area contributed by atoms with Crippen LogP contribution >= 0.6 is 0 Å². The lowest BCUT2D eigenvalue weighted by Crippen LogP contribution is -2.40. The first kappa shape index (κ1) is 15.5. The molecule has 0 spiro atoms. The van der Waals surface area contributed by atoms with Crippen LogP contribution in [-0.4, -0.2) is 25.0 Å². The van der Waals surface area contributed by atoms with E-state index in [4.69, 9.17) is 10.5 Å². The Bertz CT molecular complexity index is 518. The zero-order chi connectivity index (χ0) is 15.3. The zero-order valence-corrected chi connectivity index (χ0v) is 12.4. The highest BCUT2D eigenvalue weighted by Gasteiger charge is 2.37. The van der Waals surface area contributed by atoms with Gasteiger partial charge in [0.25, 0.3) is 0 Å². The van der Waals surface area contributed by atoms with E-state index in [1.807, 2.05) is 0 Å². The number of carbonyl (C=O) groups excluding carboxylic acids is 2. The summed E-state index contributed by atoms with van der Waals surface area (Å²) in [5, 5.41) is 2.84. The Kier molecular flexibility index (Phi) is 4.96. The van der Waals surface area contributed by atoms with Crippen molar-refractivity contribution in [2.45, 2.75) is 32.6 Å². The van der Waals surface area contributed by atoms with Crippen LogP contribution in [0.5, 0.6) is 0 Å². The van der Waals surface area contributed by atoms with Gasteiger partial charge in [-0.05, 0) is 49.9 Å². The van der Waals surface area contributed by atoms with E-state index in [1.54, 1.807) is 31.2 Å². The molecule has 1 aliphatic rings. The largest absolute Gasteiger partial charge is 0.462 e. The Morgan fingerprint density at radius 3 is 2.71 bits per heavy atom. The van der Waals surface area contributed by atoms with Gasteiger partial charge in [0.15, 0.2) is 0 Å². The number of ether oxygens (including phenoxy) is 1. The van der Waals surface area contributed by atoms with Crippen molar-refractivity contribution in [3.05, 3.63) is 29.8 Å².